The molecule has 0 aliphatic carbocycles. The van der Waals surface area contributed by atoms with Gasteiger partial charge in [-0.2, -0.15) is 0 Å². The fourth-order valence-corrected chi connectivity index (χ4v) is 3.67. The Labute approximate surface area is 127 Å². The Morgan fingerprint density at radius 2 is 1.95 bits per heavy atom. The van der Waals surface area contributed by atoms with E-state index in [-0.39, 0.29) is 5.41 Å². The highest BCUT2D eigenvalue weighted by Gasteiger charge is 2.40. The largest absolute Gasteiger partial charge is 0.344 e. The molecular weight excluding hydrogens is 254 g/mol. The van der Waals surface area contributed by atoms with Gasteiger partial charge in [-0.3, -0.25) is 0 Å². The van der Waals surface area contributed by atoms with E-state index in [4.69, 9.17) is 0 Å². The molecule has 0 unspecified atom stereocenters. The summed E-state index contributed by atoms with van der Waals surface area (Å²) < 4.78 is 0. The van der Waals surface area contributed by atoms with Crippen LogP contribution in [0, 0.1) is 6.92 Å². The molecule has 1 heterocycles. The third-order valence-electron chi connectivity index (χ3n) is 4.59. The molecule has 0 amide bonds. The molecule has 21 heavy (non-hydrogen) atoms. The predicted octanol–water partition coefficient (Wildman–Crippen LogP) is 5.34. The zero-order valence-electron chi connectivity index (χ0n) is 13.4. The average molecular weight is 277 g/mol. The molecule has 1 heteroatoms. The van der Waals surface area contributed by atoms with Gasteiger partial charge in [0.25, 0.3) is 0 Å². The predicted molar refractivity (Wildman–Crippen MR) is 93.0 cm³/mol. The van der Waals surface area contributed by atoms with Crippen LogP contribution in [0.2, 0.25) is 0 Å². The molecule has 1 aliphatic heterocycles. The molecule has 1 aliphatic rings. The van der Waals surface area contributed by atoms with Crippen LogP contribution in [0.5, 0.6) is 0 Å². The van der Waals surface area contributed by atoms with Gasteiger partial charge >= 0.3 is 0 Å². The molecule has 0 spiro atoms. The van der Waals surface area contributed by atoms with E-state index in [0.717, 1.165) is 6.54 Å². The quantitative estimate of drug-likeness (QED) is 0.716. The van der Waals surface area contributed by atoms with Gasteiger partial charge in [-0.15, -0.1) is 0 Å². The highest BCUT2D eigenvalue weighted by molar-refractivity contribution is 5.95. The topological polar surface area (TPSA) is 3.24 Å². The minimum absolute atomic E-state index is 0.00824. The van der Waals surface area contributed by atoms with Crippen LogP contribution in [0.1, 0.15) is 31.9 Å². The van der Waals surface area contributed by atoms with Crippen molar-refractivity contribution in [1.29, 1.82) is 0 Å². The summed E-state index contributed by atoms with van der Waals surface area (Å²) in [5.41, 5.74) is 5.44. The molecule has 0 fully saturated rings. The lowest BCUT2D eigenvalue weighted by atomic mass is 9.81. The minimum atomic E-state index is 0.00824. The Hall–Kier alpha value is -2.02. The van der Waals surface area contributed by atoms with Crippen LogP contribution in [-0.2, 0) is 5.41 Å². The molecule has 0 N–H and O–H groups in total. The summed E-state index contributed by atoms with van der Waals surface area (Å²) >= 11 is 0. The first-order valence-corrected chi connectivity index (χ1v) is 7.65. The Balaban J connectivity index is 2.38. The van der Waals surface area contributed by atoms with Crippen molar-refractivity contribution >= 4 is 16.5 Å². The number of rotatable bonds is 2. The van der Waals surface area contributed by atoms with Gasteiger partial charge in [0.1, 0.15) is 0 Å². The highest BCUT2D eigenvalue weighted by Crippen LogP contribution is 2.50. The standard InChI is InChI=1S/C20H23N/c1-6-8-18-20(4,5)19-16-11-9-14(3)13-15(16)10-12-17(19)21(18)7-2/h6,8-13H,1,7H2,2-5H3/b18-8+. The lowest BCUT2D eigenvalue weighted by Crippen LogP contribution is -2.25. The van der Waals surface area contributed by atoms with Crippen molar-refractivity contribution in [1.82, 2.24) is 0 Å². The van der Waals surface area contributed by atoms with Crippen LogP contribution in [0.3, 0.4) is 0 Å². The van der Waals surface area contributed by atoms with E-state index in [1.807, 2.05) is 6.08 Å². The van der Waals surface area contributed by atoms with Crippen LogP contribution in [0.4, 0.5) is 5.69 Å². The lowest BCUT2D eigenvalue weighted by Gasteiger charge is -2.26. The van der Waals surface area contributed by atoms with Crippen LogP contribution in [-0.4, -0.2) is 6.54 Å². The number of benzene rings is 2. The number of allylic oxidation sites excluding steroid dienone is 3. The van der Waals surface area contributed by atoms with Crippen LogP contribution >= 0.6 is 0 Å². The smallest absolute Gasteiger partial charge is 0.0456 e. The first-order valence-electron chi connectivity index (χ1n) is 7.65. The summed E-state index contributed by atoms with van der Waals surface area (Å²) in [6.07, 6.45) is 4.06. The van der Waals surface area contributed by atoms with Gasteiger partial charge in [0.15, 0.2) is 0 Å². The fraction of sp³-hybridized carbons (Fsp3) is 0.300. The van der Waals surface area contributed by atoms with Crippen molar-refractivity contribution in [3.8, 4) is 0 Å². The molecule has 0 saturated heterocycles. The summed E-state index contributed by atoms with van der Waals surface area (Å²) in [6, 6.07) is 11.3. The van der Waals surface area contributed by atoms with Crippen molar-refractivity contribution in [3.05, 3.63) is 65.9 Å². The zero-order chi connectivity index (χ0) is 15.2. The van der Waals surface area contributed by atoms with Crippen molar-refractivity contribution in [2.75, 3.05) is 11.4 Å². The van der Waals surface area contributed by atoms with E-state index in [9.17, 15) is 0 Å². The van der Waals surface area contributed by atoms with Crippen molar-refractivity contribution < 1.29 is 0 Å². The van der Waals surface area contributed by atoms with Crippen molar-refractivity contribution in [2.24, 2.45) is 0 Å². The van der Waals surface area contributed by atoms with Crippen molar-refractivity contribution in [3.63, 3.8) is 0 Å². The fourth-order valence-electron chi connectivity index (χ4n) is 3.67. The lowest BCUT2D eigenvalue weighted by molar-refractivity contribution is 0.638. The Bertz CT molecular complexity index is 750. The van der Waals surface area contributed by atoms with E-state index >= 15 is 0 Å². The van der Waals surface area contributed by atoms with Gasteiger partial charge in [-0.25, -0.2) is 0 Å². The Morgan fingerprint density at radius 1 is 1.19 bits per heavy atom. The molecule has 0 radical (unpaired) electrons. The maximum atomic E-state index is 3.89. The number of fused-ring (bicyclic) bond motifs is 3. The minimum Gasteiger partial charge on any atom is -0.344 e. The van der Waals surface area contributed by atoms with Gasteiger partial charge in [-0.1, -0.05) is 56.3 Å². The molecule has 2 aromatic rings. The second-order valence-corrected chi connectivity index (χ2v) is 6.34. The SMILES string of the molecule is C=C/C=C1/N(CC)c2ccc3cc(C)ccc3c2C1(C)C. The summed E-state index contributed by atoms with van der Waals surface area (Å²) in [4.78, 5) is 2.41. The first kappa shape index (κ1) is 13.9. The van der Waals surface area contributed by atoms with Gasteiger partial charge in [0.05, 0.1) is 0 Å². The van der Waals surface area contributed by atoms with Crippen LogP contribution in [0.15, 0.2) is 54.8 Å². The monoisotopic (exact) mass is 277 g/mol. The van der Waals surface area contributed by atoms with E-state index < -0.39 is 0 Å². The first-order chi connectivity index (χ1) is 10.0. The number of nitrogens with zero attached hydrogens (tertiary/aromatic N) is 1. The molecule has 108 valence electrons. The van der Waals surface area contributed by atoms with Gasteiger partial charge in [-0.05, 0) is 42.3 Å². The second kappa shape index (κ2) is 4.77. The molecular formula is C20H23N. The number of aryl methyl sites for hydroxylation is 1. The summed E-state index contributed by atoms with van der Waals surface area (Å²) in [6.45, 7) is 13.9. The van der Waals surface area contributed by atoms with Gasteiger partial charge in [0, 0.05) is 23.3 Å². The number of anilines is 1. The Kier molecular flexibility index (Phi) is 3.16. The number of likely N-dealkylation sites (N-methyl/N-ethyl adjacent to an activating group) is 1. The Morgan fingerprint density at radius 3 is 2.62 bits per heavy atom. The summed E-state index contributed by atoms with van der Waals surface area (Å²) in [5.74, 6) is 0. The molecule has 0 saturated carbocycles. The number of hydrogen-bond donors (Lipinski definition) is 0. The third-order valence-corrected chi connectivity index (χ3v) is 4.59. The van der Waals surface area contributed by atoms with Crippen molar-refractivity contribution in [2.45, 2.75) is 33.1 Å². The molecule has 2 aromatic carbocycles. The third kappa shape index (κ3) is 1.91. The molecule has 0 bridgehead atoms. The van der Waals surface area contributed by atoms with E-state index in [2.05, 4.69) is 75.6 Å². The van der Waals surface area contributed by atoms with Gasteiger partial charge < -0.3 is 4.90 Å². The zero-order valence-corrected chi connectivity index (χ0v) is 13.4. The van der Waals surface area contributed by atoms with E-state index in [0.29, 0.717) is 0 Å². The van der Waals surface area contributed by atoms with E-state index in [1.165, 1.54) is 33.3 Å². The molecule has 3 rings (SSSR count). The van der Waals surface area contributed by atoms with Crippen LogP contribution < -0.4 is 4.90 Å². The molecule has 1 nitrogen and oxygen atoms in total. The second-order valence-electron chi connectivity index (χ2n) is 6.34. The van der Waals surface area contributed by atoms with Crippen LogP contribution in [0.25, 0.3) is 10.8 Å². The van der Waals surface area contributed by atoms with Gasteiger partial charge in [0.2, 0.25) is 0 Å². The summed E-state index contributed by atoms with van der Waals surface area (Å²) in [7, 11) is 0. The molecule has 0 aromatic heterocycles. The highest BCUT2D eigenvalue weighted by atomic mass is 15.2. The average Bonchev–Trinajstić information content (AvgIpc) is 2.67. The normalized spacial score (nSPS) is 18.3. The maximum Gasteiger partial charge on any atom is 0.0456 e. The number of hydrogen-bond acceptors (Lipinski definition) is 1. The maximum absolute atomic E-state index is 3.89. The summed E-state index contributed by atoms with van der Waals surface area (Å²) in [5, 5.41) is 2.70. The van der Waals surface area contributed by atoms with E-state index in [1.54, 1.807) is 0 Å². The molecule has 0 atom stereocenters.